The number of nitrogens with zero attached hydrogens (tertiary/aromatic N) is 1. The molecule has 1 N–H and O–H groups in total. The Morgan fingerprint density at radius 3 is 2.33 bits per heavy atom. The minimum absolute atomic E-state index is 0.0196. The molecule has 1 saturated carbocycles. The van der Waals surface area contributed by atoms with Crippen molar-refractivity contribution in [2.24, 2.45) is 5.92 Å². The van der Waals surface area contributed by atoms with Crippen LogP contribution < -0.4 is 0 Å². The molecule has 3 aliphatic rings. The van der Waals surface area contributed by atoms with Gasteiger partial charge in [-0.1, -0.05) is 48.5 Å². The molecule has 1 unspecified atom stereocenters. The summed E-state index contributed by atoms with van der Waals surface area (Å²) in [7, 11) is 0. The fraction of sp³-hybridized carbons (Fsp3) is 0.381. The van der Waals surface area contributed by atoms with Crippen LogP contribution in [-0.2, 0) is 0 Å². The van der Waals surface area contributed by atoms with Gasteiger partial charge in [-0.05, 0) is 48.8 Å². The molecule has 3 nitrogen and oxygen atoms in total. The average Bonchev–Trinajstić information content (AvgIpc) is 2.68. The minimum Gasteiger partial charge on any atom is -0.394 e. The summed E-state index contributed by atoms with van der Waals surface area (Å²) in [6, 6.07) is 18.2. The Morgan fingerprint density at radius 2 is 1.62 bits per heavy atom. The molecule has 24 heavy (non-hydrogen) atoms. The van der Waals surface area contributed by atoms with Gasteiger partial charge in [0.25, 0.3) is 5.91 Å². The van der Waals surface area contributed by atoms with Crippen molar-refractivity contribution in [2.45, 2.75) is 37.8 Å². The molecule has 2 heterocycles. The summed E-state index contributed by atoms with van der Waals surface area (Å²) in [5.74, 6) is 0.524. The maximum Gasteiger partial charge on any atom is 0.255 e. The topological polar surface area (TPSA) is 40.5 Å². The molecule has 2 saturated heterocycles. The number of hydrogen-bond donors (Lipinski definition) is 1. The van der Waals surface area contributed by atoms with Gasteiger partial charge in [-0.15, -0.1) is 0 Å². The molecule has 2 aromatic carbocycles. The van der Waals surface area contributed by atoms with E-state index in [0.29, 0.717) is 5.92 Å². The largest absolute Gasteiger partial charge is 0.394 e. The van der Waals surface area contributed by atoms with Gasteiger partial charge in [-0.3, -0.25) is 4.79 Å². The van der Waals surface area contributed by atoms with Crippen LogP contribution in [0.4, 0.5) is 0 Å². The summed E-state index contributed by atoms with van der Waals surface area (Å²) in [5.41, 5.74) is 2.78. The van der Waals surface area contributed by atoms with Crippen molar-refractivity contribution >= 4 is 5.91 Å². The van der Waals surface area contributed by atoms with E-state index < -0.39 is 0 Å². The third kappa shape index (κ3) is 2.53. The number of fused-ring (bicyclic) bond motifs is 3. The first-order chi connectivity index (χ1) is 11.8. The maximum absolute atomic E-state index is 13.4. The molecular weight excluding hydrogens is 298 g/mol. The van der Waals surface area contributed by atoms with E-state index in [4.69, 9.17) is 0 Å². The molecule has 5 rings (SSSR count). The van der Waals surface area contributed by atoms with Gasteiger partial charge < -0.3 is 10.0 Å². The van der Waals surface area contributed by atoms with Crippen molar-refractivity contribution in [3.63, 3.8) is 0 Å². The number of piperidine rings is 2. The van der Waals surface area contributed by atoms with Gasteiger partial charge >= 0.3 is 0 Å². The van der Waals surface area contributed by atoms with Crippen molar-refractivity contribution < 1.29 is 9.90 Å². The van der Waals surface area contributed by atoms with E-state index in [1.807, 2.05) is 59.5 Å². The first kappa shape index (κ1) is 15.4. The Labute approximate surface area is 142 Å². The Hall–Kier alpha value is -2.13. The Morgan fingerprint density at radius 1 is 0.958 bits per heavy atom. The highest BCUT2D eigenvalue weighted by Crippen LogP contribution is 2.40. The molecule has 124 valence electrons. The van der Waals surface area contributed by atoms with Crippen LogP contribution in [0.25, 0.3) is 11.1 Å². The number of rotatable bonds is 3. The fourth-order valence-corrected chi connectivity index (χ4v) is 4.49. The zero-order valence-electron chi connectivity index (χ0n) is 13.8. The van der Waals surface area contributed by atoms with E-state index in [1.54, 1.807) is 0 Å². The normalized spacial score (nSPS) is 25.7. The highest BCUT2D eigenvalue weighted by Gasteiger charge is 2.44. The van der Waals surface area contributed by atoms with Crippen molar-refractivity contribution in [1.29, 1.82) is 0 Å². The molecule has 2 aliphatic heterocycles. The fourth-order valence-electron chi connectivity index (χ4n) is 4.49. The lowest BCUT2D eigenvalue weighted by atomic mass is 9.74. The molecule has 2 bridgehead atoms. The van der Waals surface area contributed by atoms with E-state index in [9.17, 15) is 9.90 Å². The van der Waals surface area contributed by atoms with Gasteiger partial charge in [0.2, 0.25) is 0 Å². The standard InChI is InChI=1S/C21H23NO2/c23-14-20-16-10-12-17(13-11-16)22(20)21(24)19-9-5-4-8-18(19)15-6-2-1-3-7-15/h1-9,16-17,20,23H,10-14H2/t16-,17-,20?. The Bertz CT molecular complexity index is 720. The summed E-state index contributed by atoms with van der Waals surface area (Å²) in [5, 5.41) is 9.87. The molecule has 1 atom stereocenters. The van der Waals surface area contributed by atoms with Crippen LogP contribution in [0, 0.1) is 5.92 Å². The second kappa shape index (κ2) is 6.40. The number of aliphatic hydroxyl groups excluding tert-OH is 1. The van der Waals surface area contributed by atoms with Gasteiger partial charge in [-0.25, -0.2) is 0 Å². The first-order valence-corrected chi connectivity index (χ1v) is 8.87. The van der Waals surface area contributed by atoms with Crippen molar-refractivity contribution in [1.82, 2.24) is 4.90 Å². The molecule has 3 heteroatoms. The van der Waals surface area contributed by atoms with E-state index >= 15 is 0 Å². The minimum atomic E-state index is -0.0196. The average molecular weight is 321 g/mol. The summed E-state index contributed by atoms with van der Waals surface area (Å²) >= 11 is 0. The van der Waals surface area contributed by atoms with Gasteiger partial charge in [-0.2, -0.15) is 0 Å². The SMILES string of the molecule is O=C(c1ccccc1-c1ccccc1)N1C(CO)[C@H]2CC[C@H]1CC2. The van der Waals surface area contributed by atoms with Gasteiger partial charge in [0.1, 0.15) is 0 Å². The van der Waals surface area contributed by atoms with Crippen LogP contribution in [0.1, 0.15) is 36.0 Å². The van der Waals surface area contributed by atoms with Crippen molar-refractivity contribution in [2.75, 3.05) is 6.61 Å². The number of carbonyl (C=O) groups excluding carboxylic acids is 1. The van der Waals surface area contributed by atoms with Crippen LogP contribution in [0.3, 0.4) is 0 Å². The smallest absolute Gasteiger partial charge is 0.255 e. The van der Waals surface area contributed by atoms with Gasteiger partial charge in [0, 0.05) is 11.6 Å². The van der Waals surface area contributed by atoms with Gasteiger partial charge in [0.15, 0.2) is 0 Å². The summed E-state index contributed by atoms with van der Waals surface area (Å²) in [6.45, 7) is 0.0699. The second-order valence-corrected chi connectivity index (χ2v) is 6.94. The van der Waals surface area contributed by atoms with E-state index in [2.05, 4.69) is 0 Å². The lowest BCUT2D eigenvalue weighted by Crippen LogP contribution is -2.58. The molecule has 1 aliphatic carbocycles. The van der Waals surface area contributed by atoms with Crippen molar-refractivity contribution in [3.05, 3.63) is 60.2 Å². The lowest BCUT2D eigenvalue weighted by Gasteiger charge is -2.51. The third-order valence-corrected chi connectivity index (χ3v) is 5.70. The predicted molar refractivity (Wildman–Crippen MR) is 94.7 cm³/mol. The molecule has 1 amide bonds. The monoisotopic (exact) mass is 321 g/mol. The molecular formula is C21H23NO2. The number of aliphatic hydroxyl groups is 1. The van der Waals surface area contributed by atoms with Crippen LogP contribution in [0.15, 0.2) is 54.6 Å². The summed E-state index contributed by atoms with van der Waals surface area (Å²) in [6.07, 6.45) is 4.42. The summed E-state index contributed by atoms with van der Waals surface area (Å²) < 4.78 is 0. The number of benzene rings is 2. The summed E-state index contributed by atoms with van der Waals surface area (Å²) in [4.78, 5) is 15.4. The van der Waals surface area contributed by atoms with Crippen LogP contribution in [0.5, 0.6) is 0 Å². The lowest BCUT2D eigenvalue weighted by molar-refractivity contribution is -0.0225. The van der Waals surface area contributed by atoms with E-state index in [-0.39, 0.29) is 24.6 Å². The van der Waals surface area contributed by atoms with E-state index in [0.717, 1.165) is 42.4 Å². The Balaban J connectivity index is 1.73. The van der Waals surface area contributed by atoms with Gasteiger partial charge in [0.05, 0.1) is 12.6 Å². The third-order valence-electron chi connectivity index (χ3n) is 5.70. The highest BCUT2D eigenvalue weighted by molar-refractivity contribution is 6.01. The molecule has 3 fully saturated rings. The highest BCUT2D eigenvalue weighted by atomic mass is 16.3. The van der Waals surface area contributed by atoms with Crippen LogP contribution in [0.2, 0.25) is 0 Å². The zero-order valence-corrected chi connectivity index (χ0v) is 13.8. The molecule has 0 spiro atoms. The second-order valence-electron chi connectivity index (χ2n) is 6.94. The van der Waals surface area contributed by atoms with E-state index in [1.165, 1.54) is 0 Å². The van der Waals surface area contributed by atoms with Crippen LogP contribution in [-0.4, -0.2) is 34.6 Å². The Kier molecular flexibility index (Phi) is 4.11. The maximum atomic E-state index is 13.4. The number of carbonyl (C=O) groups is 1. The van der Waals surface area contributed by atoms with Crippen LogP contribution >= 0.6 is 0 Å². The zero-order chi connectivity index (χ0) is 16.5. The van der Waals surface area contributed by atoms with Crippen molar-refractivity contribution in [3.8, 4) is 11.1 Å². The quantitative estimate of drug-likeness (QED) is 0.936. The number of amides is 1. The predicted octanol–water partition coefficient (Wildman–Crippen LogP) is 3.73. The first-order valence-electron chi connectivity index (χ1n) is 8.87. The molecule has 0 radical (unpaired) electrons. The number of hydrogen-bond acceptors (Lipinski definition) is 2. The molecule has 0 aromatic heterocycles. The molecule has 2 aromatic rings.